The van der Waals surface area contributed by atoms with Gasteiger partial charge in [0.2, 0.25) is 0 Å². The zero-order valence-corrected chi connectivity index (χ0v) is 10.9. The lowest BCUT2D eigenvalue weighted by Gasteiger charge is -2.26. The summed E-state index contributed by atoms with van der Waals surface area (Å²) < 4.78 is 5.54. The summed E-state index contributed by atoms with van der Waals surface area (Å²) in [4.78, 5) is 0. The second-order valence-corrected chi connectivity index (χ2v) is 4.93. The molecule has 1 atom stereocenters. The molecule has 0 N–H and O–H groups in total. The van der Waals surface area contributed by atoms with Crippen molar-refractivity contribution in [2.45, 2.75) is 32.5 Å². The van der Waals surface area contributed by atoms with Crippen LogP contribution in [0.2, 0.25) is 6.32 Å². The molecule has 0 aromatic heterocycles. The van der Waals surface area contributed by atoms with E-state index in [9.17, 15) is 0 Å². The molecule has 0 aliphatic carbocycles. The third-order valence-corrected chi connectivity index (χ3v) is 3.61. The van der Waals surface area contributed by atoms with Gasteiger partial charge >= 0.3 is 6.92 Å². The van der Waals surface area contributed by atoms with Crippen molar-refractivity contribution in [3.05, 3.63) is 41.9 Å². The van der Waals surface area contributed by atoms with Crippen molar-refractivity contribution in [2.75, 3.05) is 7.11 Å². The Morgan fingerprint density at radius 1 is 1.29 bits per heavy atom. The Hall–Kier alpha value is -1.02. The maximum atomic E-state index is 5.54. The zero-order valence-electron chi connectivity index (χ0n) is 10.9. The number of allylic oxidation sites excluding steroid dienone is 1. The van der Waals surface area contributed by atoms with Gasteiger partial charge in [0.05, 0.1) is 0 Å². The Bertz CT molecular complexity index is 372. The highest BCUT2D eigenvalue weighted by atomic mass is 16.4. The molecule has 0 amide bonds. The summed E-state index contributed by atoms with van der Waals surface area (Å²) in [5.74, 6) is 3.09. The largest absolute Gasteiger partial charge is 0.434 e. The predicted molar refractivity (Wildman–Crippen MR) is 75.0 cm³/mol. The first kappa shape index (κ1) is 12.4. The second-order valence-electron chi connectivity index (χ2n) is 4.93. The summed E-state index contributed by atoms with van der Waals surface area (Å²) >= 11 is 0. The first-order valence-corrected chi connectivity index (χ1v) is 6.62. The average Bonchev–Trinajstić information content (AvgIpc) is 2.40. The molecule has 0 radical (unpaired) electrons. The summed E-state index contributed by atoms with van der Waals surface area (Å²) in [6.07, 6.45) is 4.96. The summed E-state index contributed by atoms with van der Waals surface area (Å²) in [5, 5.41) is 0. The van der Waals surface area contributed by atoms with Crippen LogP contribution < -0.4 is 0 Å². The predicted octanol–water partition coefficient (Wildman–Crippen LogP) is 4.07. The molecule has 1 aromatic rings. The van der Waals surface area contributed by atoms with Gasteiger partial charge in [0.25, 0.3) is 0 Å². The highest BCUT2D eigenvalue weighted by Gasteiger charge is 2.25. The first-order valence-electron chi connectivity index (χ1n) is 6.62. The van der Waals surface area contributed by atoms with Gasteiger partial charge in [-0.15, -0.1) is 0 Å². The smallest absolute Gasteiger partial charge is 0.319 e. The standard InChI is InChI=1S/C15H21BO/c1-3-7-13-10-15(12-16(11-13)17-2)14-8-5-4-6-9-14/h4-6,8-9,12-13H,3,7,10-11H2,1-2H3. The topological polar surface area (TPSA) is 9.23 Å². The quantitative estimate of drug-likeness (QED) is 0.706. The Labute approximate surface area is 105 Å². The van der Waals surface area contributed by atoms with Crippen molar-refractivity contribution < 1.29 is 4.65 Å². The molecule has 2 heteroatoms. The normalized spacial score (nSPS) is 20.2. The van der Waals surface area contributed by atoms with Crippen molar-refractivity contribution in [1.29, 1.82) is 0 Å². The number of hydrogen-bond donors (Lipinski definition) is 0. The van der Waals surface area contributed by atoms with Gasteiger partial charge < -0.3 is 4.65 Å². The Kier molecular flexibility index (Phi) is 4.44. The highest BCUT2D eigenvalue weighted by Crippen LogP contribution is 2.33. The van der Waals surface area contributed by atoms with E-state index >= 15 is 0 Å². The van der Waals surface area contributed by atoms with Crippen molar-refractivity contribution in [1.82, 2.24) is 0 Å². The van der Waals surface area contributed by atoms with Gasteiger partial charge in [-0.05, 0) is 24.2 Å². The van der Waals surface area contributed by atoms with Crippen molar-refractivity contribution in [2.24, 2.45) is 5.92 Å². The lowest BCUT2D eigenvalue weighted by atomic mass is 9.54. The van der Waals surface area contributed by atoms with E-state index in [1.165, 1.54) is 36.7 Å². The molecular weight excluding hydrogens is 207 g/mol. The Morgan fingerprint density at radius 2 is 2.06 bits per heavy atom. The monoisotopic (exact) mass is 228 g/mol. The molecule has 17 heavy (non-hydrogen) atoms. The molecule has 0 bridgehead atoms. The molecular formula is C15H21BO. The maximum absolute atomic E-state index is 5.54. The number of benzene rings is 1. The molecule has 1 aliphatic rings. The third-order valence-electron chi connectivity index (χ3n) is 3.61. The molecule has 1 heterocycles. The van der Waals surface area contributed by atoms with Gasteiger partial charge in [-0.2, -0.15) is 0 Å². The van der Waals surface area contributed by atoms with Gasteiger partial charge in [-0.1, -0.05) is 61.6 Å². The molecule has 1 aromatic carbocycles. The van der Waals surface area contributed by atoms with Crippen molar-refractivity contribution >= 4 is 12.5 Å². The van der Waals surface area contributed by atoms with E-state index in [1.54, 1.807) is 0 Å². The zero-order chi connectivity index (χ0) is 12.1. The number of hydrogen-bond acceptors (Lipinski definition) is 1. The summed E-state index contributed by atoms with van der Waals surface area (Å²) in [7, 11) is 1.82. The van der Waals surface area contributed by atoms with Crippen LogP contribution >= 0.6 is 0 Å². The Balaban J connectivity index is 2.17. The molecule has 0 fully saturated rings. The minimum Gasteiger partial charge on any atom is -0.434 e. The van der Waals surface area contributed by atoms with Crippen LogP contribution in [0, 0.1) is 5.92 Å². The van der Waals surface area contributed by atoms with Gasteiger partial charge in [0.1, 0.15) is 0 Å². The minimum absolute atomic E-state index is 0.301. The lowest BCUT2D eigenvalue weighted by molar-refractivity contribution is 0.406. The van der Waals surface area contributed by atoms with Crippen molar-refractivity contribution in [3.63, 3.8) is 0 Å². The molecule has 1 nitrogen and oxygen atoms in total. The summed E-state index contributed by atoms with van der Waals surface area (Å²) in [6, 6.07) is 10.7. The lowest BCUT2D eigenvalue weighted by Crippen LogP contribution is -2.23. The first-order chi connectivity index (χ1) is 8.33. The summed E-state index contributed by atoms with van der Waals surface area (Å²) in [5.41, 5.74) is 2.82. The highest BCUT2D eigenvalue weighted by molar-refractivity contribution is 6.59. The molecule has 0 saturated carbocycles. The van der Waals surface area contributed by atoms with E-state index < -0.39 is 0 Å². The van der Waals surface area contributed by atoms with Crippen LogP contribution in [-0.2, 0) is 4.65 Å². The van der Waals surface area contributed by atoms with E-state index in [1.807, 2.05) is 7.11 Å². The van der Waals surface area contributed by atoms with Crippen LogP contribution in [0.4, 0.5) is 0 Å². The van der Waals surface area contributed by atoms with Crippen LogP contribution in [0.15, 0.2) is 36.3 Å². The fourth-order valence-corrected chi connectivity index (χ4v) is 2.74. The van der Waals surface area contributed by atoms with E-state index in [0.29, 0.717) is 6.92 Å². The van der Waals surface area contributed by atoms with Crippen molar-refractivity contribution in [3.8, 4) is 0 Å². The van der Waals surface area contributed by atoms with Crippen LogP contribution in [-0.4, -0.2) is 14.0 Å². The minimum atomic E-state index is 0.301. The van der Waals surface area contributed by atoms with Gasteiger partial charge in [-0.25, -0.2) is 0 Å². The molecule has 0 saturated heterocycles. The Morgan fingerprint density at radius 3 is 2.71 bits per heavy atom. The van der Waals surface area contributed by atoms with E-state index in [4.69, 9.17) is 4.65 Å². The van der Waals surface area contributed by atoms with Gasteiger partial charge in [0.15, 0.2) is 0 Å². The van der Waals surface area contributed by atoms with E-state index in [0.717, 1.165) is 5.92 Å². The fraction of sp³-hybridized carbons (Fsp3) is 0.467. The van der Waals surface area contributed by atoms with Crippen LogP contribution in [0.25, 0.3) is 5.57 Å². The SMILES string of the molecule is CCCC1CB(OC)C=C(c2ccccc2)C1. The van der Waals surface area contributed by atoms with E-state index in [2.05, 4.69) is 43.2 Å². The molecule has 0 spiro atoms. The average molecular weight is 228 g/mol. The van der Waals surface area contributed by atoms with Crippen LogP contribution in [0.1, 0.15) is 31.7 Å². The van der Waals surface area contributed by atoms with Gasteiger partial charge in [0, 0.05) is 7.11 Å². The second kappa shape index (κ2) is 6.06. The summed E-state index contributed by atoms with van der Waals surface area (Å²) in [6.45, 7) is 2.57. The number of rotatable bonds is 4. The molecule has 2 rings (SSSR count). The molecule has 1 unspecified atom stereocenters. The van der Waals surface area contributed by atoms with Crippen LogP contribution in [0.5, 0.6) is 0 Å². The van der Waals surface area contributed by atoms with Gasteiger partial charge in [-0.3, -0.25) is 0 Å². The maximum Gasteiger partial charge on any atom is 0.319 e. The molecule has 1 aliphatic heterocycles. The third kappa shape index (κ3) is 3.23. The molecule has 90 valence electrons. The fourth-order valence-electron chi connectivity index (χ4n) is 2.74. The van der Waals surface area contributed by atoms with E-state index in [-0.39, 0.29) is 0 Å². The van der Waals surface area contributed by atoms with Crippen LogP contribution in [0.3, 0.4) is 0 Å².